The molecule has 0 radical (unpaired) electrons. The van der Waals surface area contributed by atoms with Crippen LogP contribution in [0.15, 0.2) is 103 Å². The number of aromatic amines is 1. The van der Waals surface area contributed by atoms with Crippen LogP contribution in [0.25, 0.3) is 27.5 Å². The molecule has 0 saturated carbocycles. The van der Waals surface area contributed by atoms with Gasteiger partial charge in [0.05, 0.1) is 17.4 Å². The van der Waals surface area contributed by atoms with E-state index in [4.69, 9.17) is 0 Å². The maximum atomic E-state index is 13.1. The van der Waals surface area contributed by atoms with Crippen LogP contribution < -0.4 is 10.6 Å². The Balaban J connectivity index is 1.17. The van der Waals surface area contributed by atoms with E-state index in [2.05, 4.69) is 20.7 Å². The SMILES string of the molecule is O=C(Nc1ccc2c(cnn2-c2ccc(NC(=O)c3ccc4[nH]ccc4c3)cc2)c1)c1ccc(F)cc1. The molecule has 0 fully saturated rings. The largest absolute Gasteiger partial charge is 0.361 e. The second kappa shape index (κ2) is 9.09. The third kappa shape index (κ3) is 4.43. The van der Waals surface area contributed by atoms with Gasteiger partial charge in [-0.05, 0) is 91.0 Å². The van der Waals surface area contributed by atoms with Gasteiger partial charge in [-0.3, -0.25) is 9.59 Å². The first kappa shape index (κ1) is 22.2. The molecule has 3 N–H and O–H groups in total. The van der Waals surface area contributed by atoms with Crippen LogP contribution in [-0.2, 0) is 0 Å². The van der Waals surface area contributed by atoms with E-state index < -0.39 is 5.82 Å². The summed E-state index contributed by atoms with van der Waals surface area (Å²) < 4.78 is 14.9. The van der Waals surface area contributed by atoms with Gasteiger partial charge in [0, 0.05) is 45.0 Å². The lowest BCUT2D eigenvalue weighted by Gasteiger charge is -2.09. The van der Waals surface area contributed by atoms with E-state index in [0.717, 1.165) is 27.5 Å². The monoisotopic (exact) mass is 489 g/mol. The molecule has 4 aromatic carbocycles. The maximum absolute atomic E-state index is 13.1. The van der Waals surface area contributed by atoms with Gasteiger partial charge in [-0.1, -0.05) is 0 Å². The van der Waals surface area contributed by atoms with Crippen molar-refractivity contribution in [2.75, 3.05) is 10.6 Å². The number of carbonyl (C=O) groups is 2. The summed E-state index contributed by atoms with van der Waals surface area (Å²) in [5.74, 6) is -0.900. The van der Waals surface area contributed by atoms with Crippen LogP contribution in [0.2, 0.25) is 0 Å². The average molecular weight is 490 g/mol. The first-order valence-corrected chi connectivity index (χ1v) is 11.6. The third-order valence-electron chi connectivity index (χ3n) is 6.12. The summed E-state index contributed by atoms with van der Waals surface area (Å²) in [6, 6.07) is 25.7. The topological polar surface area (TPSA) is 91.8 Å². The maximum Gasteiger partial charge on any atom is 0.255 e. The summed E-state index contributed by atoms with van der Waals surface area (Å²) in [6.45, 7) is 0. The number of nitrogens with one attached hydrogen (secondary N) is 3. The zero-order valence-corrected chi connectivity index (χ0v) is 19.4. The van der Waals surface area contributed by atoms with Crippen LogP contribution in [0.5, 0.6) is 0 Å². The molecule has 0 bridgehead atoms. The molecule has 0 aliphatic carbocycles. The summed E-state index contributed by atoms with van der Waals surface area (Å²) in [6.07, 6.45) is 3.56. The number of aromatic nitrogens is 3. The highest BCUT2D eigenvalue weighted by Crippen LogP contribution is 2.24. The molecule has 7 nitrogen and oxygen atoms in total. The number of benzene rings is 4. The number of hydrogen-bond donors (Lipinski definition) is 3. The molecule has 0 aliphatic heterocycles. The van der Waals surface area contributed by atoms with Gasteiger partial charge in [0.25, 0.3) is 11.8 Å². The normalized spacial score (nSPS) is 11.1. The fourth-order valence-electron chi connectivity index (χ4n) is 4.20. The molecule has 0 atom stereocenters. The number of carbonyl (C=O) groups excluding carboxylic acids is 2. The number of H-pyrrole nitrogens is 1. The number of amides is 2. The van der Waals surface area contributed by atoms with Crippen molar-refractivity contribution in [2.45, 2.75) is 0 Å². The summed E-state index contributed by atoms with van der Waals surface area (Å²) in [4.78, 5) is 28.3. The van der Waals surface area contributed by atoms with E-state index in [1.165, 1.54) is 24.3 Å². The molecule has 0 unspecified atom stereocenters. The Hall–Kier alpha value is -5.24. The van der Waals surface area contributed by atoms with Gasteiger partial charge >= 0.3 is 0 Å². The van der Waals surface area contributed by atoms with Gasteiger partial charge in [-0.15, -0.1) is 0 Å². The molecule has 37 heavy (non-hydrogen) atoms. The van der Waals surface area contributed by atoms with Crippen molar-refractivity contribution in [1.29, 1.82) is 0 Å². The predicted molar refractivity (Wildman–Crippen MR) is 142 cm³/mol. The van der Waals surface area contributed by atoms with E-state index in [9.17, 15) is 14.0 Å². The number of rotatable bonds is 5. The molecular formula is C29H20FN5O2. The highest BCUT2D eigenvalue weighted by molar-refractivity contribution is 6.06. The number of halogens is 1. The Labute approximate surface area is 210 Å². The van der Waals surface area contributed by atoms with E-state index in [-0.39, 0.29) is 11.8 Å². The molecule has 0 saturated heterocycles. The van der Waals surface area contributed by atoms with Gasteiger partial charge in [0.15, 0.2) is 0 Å². The van der Waals surface area contributed by atoms with Crippen molar-refractivity contribution >= 4 is 45.0 Å². The van der Waals surface area contributed by atoms with Crippen molar-refractivity contribution < 1.29 is 14.0 Å². The first-order chi connectivity index (χ1) is 18.0. The van der Waals surface area contributed by atoms with Gasteiger partial charge in [-0.2, -0.15) is 5.10 Å². The fraction of sp³-hybridized carbons (Fsp3) is 0. The third-order valence-corrected chi connectivity index (χ3v) is 6.12. The number of fused-ring (bicyclic) bond motifs is 2. The summed E-state index contributed by atoms with van der Waals surface area (Å²) >= 11 is 0. The van der Waals surface area contributed by atoms with Crippen LogP contribution >= 0.6 is 0 Å². The van der Waals surface area contributed by atoms with E-state index in [0.29, 0.717) is 22.5 Å². The lowest BCUT2D eigenvalue weighted by Crippen LogP contribution is -2.12. The van der Waals surface area contributed by atoms with Crippen molar-refractivity contribution in [3.63, 3.8) is 0 Å². The first-order valence-electron chi connectivity index (χ1n) is 11.6. The van der Waals surface area contributed by atoms with Gasteiger partial charge < -0.3 is 15.6 Å². The molecule has 8 heteroatoms. The zero-order valence-electron chi connectivity index (χ0n) is 19.4. The van der Waals surface area contributed by atoms with E-state index >= 15 is 0 Å². The van der Waals surface area contributed by atoms with Crippen molar-refractivity contribution in [3.05, 3.63) is 120 Å². The highest BCUT2D eigenvalue weighted by atomic mass is 19.1. The average Bonchev–Trinajstić information content (AvgIpc) is 3.56. The minimum Gasteiger partial charge on any atom is -0.361 e. The van der Waals surface area contributed by atoms with Crippen LogP contribution in [0.3, 0.4) is 0 Å². The number of hydrogen-bond acceptors (Lipinski definition) is 3. The van der Waals surface area contributed by atoms with Crippen molar-refractivity contribution in [1.82, 2.24) is 14.8 Å². The predicted octanol–water partition coefficient (Wildman–Crippen LogP) is 6.15. The van der Waals surface area contributed by atoms with Crippen LogP contribution in [-0.4, -0.2) is 26.6 Å². The molecule has 0 spiro atoms. The number of anilines is 2. The molecule has 2 heterocycles. The standard InChI is InChI=1S/C29H20FN5O2/c30-22-4-1-18(2-5-22)28(36)34-24-8-12-27-21(16-24)17-32-35(27)25-9-6-23(7-10-25)33-29(37)20-3-11-26-19(15-20)13-14-31-26/h1-17,31H,(H,33,37)(H,34,36). The van der Waals surface area contributed by atoms with Crippen molar-refractivity contribution in [3.8, 4) is 5.69 Å². The molecule has 6 aromatic rings. The van der Waals surface area contributed by atoms with Crippen LogP contribution in [0, 0.1) is 5.82 Å². The quantitative estimate of drug-likeness (QED) is 0.271. The minimum atomic E-state index is -0.393. The highest BCUT2D eigenvalue weighted by Gasteiger charge is 2.11. The Morgan fingerprint density at radius 3 is 2.24 bits per heavy atom. The Morgan fingerprint density at radius 2 is 1.43 bits per heavy atom. The lowest BCUT2D eigenvalue weighted by molar-refractivity contribution is 0.101. The van der Waals surface area contributed by atoms with Crippen molar-refractivity contribution in [2.24, 2.45) is 0 Å². The second-order valence-corrected chi connectivity index (χ2v) is 8.57. The van der Waals surface area contributed by atoms with Gasteiger partial charge in [-0.25, -0.2) is 9.07 Å². The lowest BCUT2D eigenvalue weighted by atomic mass is 10.1. The second-order valence-electron chi connectivity index (χ2n) is 8.57. The molecule has 0 aliphatic rings. The molecular weight excluding hydrogens is 469 g/mol. The van der Waals surface area contributed by atoms with Gasteiger partial charge in [0.1, 0.15) is 5.82 Å². The van der Waals surface area contributed by atoms with E-state index in [1.54, 1.807) is 23.0 Å². The molecule has 2 aromatic heterocycles. The minimum absolute atomic E-state index is 0.185. The summed E-state index contributed by atoms with van der Waals surface area (Å²) in [5.41, 5.74) is 4.89. The van der Waals surface area contributed by atoms with E-state index in [1.807, 2.05) is 60.8 Å². The molecule has 2 amide bonds. The Bertz CT molecular complexity index is 1770. The Morgan fingerprint density at radius 1 is 0.730 bits per heavy atom. The van der Waals surface area contributed by atoms with Gasteiger partial charge in [0.2, 0.25) is 0 Å². The fourth-order valence-corrected chi connectivity index (χ4v) is 4.20. The molecule has 6 rings (SSSR count). The van der Waals surface area contributed by atoms with Crippen LogP contribution in [0.4, 0.5) is 15.8 Å². The number of nitrogens with zero attached hydrogens (tertiary/aromatic N) is 2. The Kier molecular flexibility index (Phi) is 5.46. The summed E-state index contributed by atoms with van der Waals surface area (Å²) in [7, 11) is 0. The van der Waals surface area contributed by atoms with Crippen LogP contribution in [0.1, 0.15) is 20.7 Å². The summed E-state index contributed by atoms with van der Waals surface area (Å²) in [5, 5.41) is 12.1. The smallest absolute Gasteiger partial charge is 0.255 e. The zero-order chi connectivity index (χ0) is 25.4. The molecule has 180 valence electrons.